The van der Waals surface area contributed by atoms with E-state index in [2.05, 4.69) is 51.2 Å². The normalized spacial score (nSPS) is 11.0. The highest BCUT2D eigenvalue weighted by molar-refractivity contribution is 5.95. The minimum absolute atomic E-state index is 0.235. The van der Waals surface area contributed by atoms with E-state index in [1.807, 2.05) is 12.1 Å². The maximum absolute atomic E-state index is 12.2. The Kier molecular flexibility index (Phi) is 6.96. The number of hydrogen-bond donors (Lipinski definition) is 1. The summed E-state index contributed by atoms with van der Waals surface area (Å²) in [5.74, 6) is 0.543. The fraction of sp³-hybridized carbons (Fsp3) is 0.364. The highest BCUT2D eigenvalue weighted by atomic mass is 16.5. The molecule has 0 bridgehead atoms. The third-order valence-corrected chi connectivity index (χ3v) is 4.67. The van der Waals surface area contributed by atoms with E-state index >= 15 is 0 Å². The van der Waals surface area contributed by atoms with Gasteiger partial charge in [0.2, 0.25) is 0 Å². The van der Waals surface area contributed by atoms with Crippen LogP contribution in [0.4, 0.5) is 0 Å². The summed E-state index contributed by atoms with van der Waals surface area (Å²) in [4.78, 5) is 12.2. The molecule has 0 aliphatic heterocycles. The standard InChI is InChI=1S/C22H28N2O2/c1-6-7-12-26-20-10-8-19(9-11-20)22(25)24-23-14-21-17(4)15(2)13-16(3)18(21)5/h8-11,13-14H,6-7,12H2,1-5H3,(H,24,25)/b23-14+. The molecule has 0 unspecified atom stereocenters. The fourth-order valence-electron chi connectivity index (χ4n) is 2.70. The van der Waals surface area contributed by atoms with Crippen LogP contribution >= 0.6 is 0 Å². The summed E-state index contributed by atoms with van der Waals surface area (Å²) < 4.78 is 5.61. The van der Waals surface area contributed by atoms with Crippen molar-refractivity contribution >= 4 is 12.1 Å². The number of nitrogens with one attached hydrogen (secondary N) is 1. The number of ether oxygens (including phenoxy) is 1. The summed E-state index contributed by atoms with van der Waals surface area (Å²) in [5, 5.41) is 4.15. The number of rotatable bonds is 7. The van der Waals surface area contributed by atoms with Gasteiger partial charge < -0.3 is 4.74 Å². The molecule has 0 spiro atoms. The number of benzene rings is 2. The van der Waals surface area contributed by atoms with Gasteiger partial charge in [-0.1, -0.05) is 19.4 Å². The molecule has 4 heteroatoms. The van der Waals surface area contributed by atoms with Crippen LogP contribution in [-0.4, -0.2) is 18.7 Å². The molecule has 2 rings (SSSR count). The Morgan fingerprint density at radius 2 is 1.69 bits per heavy atom. The monoisotopic (exact) mass is 352 g/mol. The average Bonchev–Trinajstić information content (AvgIpc) is 2.63. The summed E-state index contributed by atoms with van der Waals surface area (Å²) >= 11 is 0. The Morgan fingerprint density at radius 1 is 1.08 bits per heavy atom. The molecule has 0 saturated heterocycles. The summed E-state index contributed by atoms with van der Waals surface area (Å²) in [6, 6.07) is 9.29. The van der Waals surface area contributed by atoms with E-state index in [1.54, 1.807) is 18.3 Å². The molecule has 2 aromatic carbocycles. The SMILES string of the molecule is CCCCOc1ccc(C(=O)N/N=C/c2c(C)c(C)cc(C)c2C)cc1. The first-order valence-electron chi connectivity index (χ1n) is 9.07. The summed E-state index contributed by atoms with van der Waals surface area (Å²) in [7, 11) is 0. The molecule has 1 N–H and O–H groups in total. The van der Waals surface area contributed by atoms with Crippen molar-refractivity contribution in [2.45, 2.75) is 47.5 Å². The molecule has 0 aliphatic rings. The molecule has 0 heterocycles. The van der Waals surface area contributed by atoms with E-state index in [0.717, 1.165) is 24.2 Å². The summed E-state index contributed by atoms with van der Waals surface area (Å²) in [6.45, 7) is 11.1. The lowest BCUT2D eigenvalue weighted by Gasteiger charge is -2.11. The van der Waals surface area contributed by atoms with E-state index in [4.69, 9.17) is 4.74 Å². The van der Waals surface area contributed by atoms with E-state index < -0.39 is 0 Å². The van der Waals surface area contributed by atoms with E-state index in [1.165, 1.54) is 22.3 Å². The Bertz CT molecular complexity index is 767. The molecular formula is C22H28N2O2. The zero-order valence-corrected chi connectivity index (χ0v) is 16.3. The van der Waals surface area contributed by atoms with Gasteiger partial charge in [-0.15, -0.1) is 0 Å². The van der Waals surface area contributed by atoms with Crippen molar-refractivity contribution < 1.29 is 9.53 Å². The molecular weight excluding hydrogens is 324 g/mol. The zero-order chi connectivity index (χ0) is 19.1. The van der Waals surface area contributed by atoms with E-state index in [0.29, 0.717) is 12.2 Å². The van der Waals surface area contributed by atoms with Crippen molar-refractivity contribution in [3.8, 4) is 5.75 Å². The number of hydrazone groups is 1. The zero-order valence-electron chi connectivity index (χ0n) is 16.3. The van der Waals surface area contributed by atoms with E-state index in [9.17, 15) is 4.79 Å². The van der Waals surface area contributed by atoms with Gasteiger partial charge in [-0.05, 0) is 80.6 Å². The lowest BCUT2D eigenvalue weighted by molar-refractivity contribution is 0.0955. The van der Waals surface area contributed by atoms with Crippen LogP contribution < -0.4 is 10.2 Å². The van der Waals surface area contributed by atoms with Crippen LogP contribution in [0.25, 0.3) is 0 Å². The number of aryl methyl sites for hydroxylation is 2. The highest BCUT2D eigenvalue weighted by Crippen LogP contribution is 2.20. The molecule has 0 radical (unpaired) electrons. The molecule has 1 amide bonds. The van der Waals surface area contributed by atoms with Crippen molar-refractivity contribution in [3.63, 3.8) is 0 Å². The quantitative estimate of drug-likeness (QED) is 0.439. The van der Waals surface area contributed by atoms with E-state index in [-0.39, 0.29) is 5.91 Å². The lowest BCUT2D eigenvalue weighted by atomic mass is 9.95. The van der Waals surface area contributed by atoms with Crippen LogP contribution in [-0.2, 0) is 0 Å². The maximum Gasteiger partial charge on any atom is 0.271 e. The minimum atomic E-state index is -0.235. The van der Waals surface area contributed by atoms with Crippen LogP contribution in [0.2, 0.25) is 0 Å². The largest absolute Gasteiger partial charge is 0.494 e. The van der Waals surface area contributed by atoms with Gasteiger partial charge in [0, 0.05) is 11.1 Å². The molecule has 0 fully saturated rings. The van der Waals surface area contributed by atoms with Crippen molar-refractivity contribution in [2.24, 2.45) is 5.10 Å². The number of amides is 1. The molecule has 0 saturated carbocycles. The third kappa shape index (κ3) is 4.94. The second-order valence-corrected chi connectivity index (χ2v) is 6.60. The first-order valence-corrected chi connectivity index (χ1v) is 9.07. The van der Waals surface area contributed by atoms with Crippen LogP contribution in [0.1, 0.15) is 57.9 Å². The molecule has 0 atom stereocenters. The summed E-state index contributed by atoms with van der Waals surface area (Å²) in [6.07, 6.45) is 3.84. The Labute approximate surface area is 156 Å². The van der Waals surface area contributed by atoms with Gasteiger partial charge in [0.1, 0.15) is 5.75 Å². The molecule has 4 nitrogen and oxygen atoms in total. The number of unbranched alkanes of at least 4 members (excludes halogenated alkanes) is 1. The lowest BCUT2D eigenvalue weighted by Crippen LogP contribution is -2.17. The fourth-order valence-corrected chi connectivity index (χ4v) is 2.70. The Balaban J connectivity index is 2.02. The van der Waals surface area contributed by atoms with Crippen molar-refractivity contribution in [1.29, 1.82) is 0 Å². The second kappa shape index (κ2) is 9.18. The van der Waals surface area contributed by atoms with Crippen LogP contribution in [0, 0.1) is 27.7 Å². The Hall–Kier alpha value is -2.62. The number of carbonyl (C=O) groups excluding carboxylic acids is 1. The van der Waals surface area contributed by atoms with Gasteiger partial charge in [-0.2, -0.15) is 5.10 Å². The second-order valence-electron chi connectivity index (χ2n) is 6.60. The molecule has 2 aromatic rings. The molecule has 138 valence electrons. The van der Waals surface area contributed by atoms with Gasteiger partial charge in [0.15, 0.2) is 0 Å². The smallest absolute Gasteiger partial charge is 0.271 e. The Morgan fingerprint density at radius 3 is 2.27 bits per heavy atom. The van der Waals surface area contributed by atoms with Gasteiger partial charge in [-0.3, -0.25) is 4.79 Å². The number of nitrogens with zero attached hydrogens (tertiary/aromatic N) is 1. The average molecular weight is 352 g/mol. The maximum atomic E-state index is 12.2. The van der Waals surface area contributed by atoms with Crippen molar-refractivity contribution in [2.75, 3.05) is 6.61 Å². The van der Waals surface area contributed by atoms with Gasteiger partial charge in [0.05, 0.1) is 12.8 Å². The first kappa shape index (κ1) is 19.7. The van der Waals surface area contributed by atoms with Crippen LogP contribution in [0.3, 0.4) is 0 Å². The highest BCUT2D eigenvalue weighted by Gasteiger charge is 2.07. The molecule has 0 aromatic heterocycles. The molecule has 0 aliphatic carbocycles. The van der Waals surface area contributed by atoms with Gasteiger partial charge in [-0.25, -0.2) is 5.43 Å². The topological polar surface area (TPSA) is 50.7 Å². The number of carbonyl (C=O) groups is 1. The van der Waals surface area contributed by atoms with Crippen LogP contribution in [0.15, 0.2) is 35.4 Å². The van der Waals surface area contributed by atoms with Crippen molar-refractivity contribution in [3.05, 3.63) is 63.7 Å². The third-order valence-electron chi connectivity index (χ3n) is 4.67. The van der Waals surface area contributed by atoms with Gasteiger partial charge >= 0.3 is 0 Å². The van der Waals surface area contributed by atoms with Crippen LogP contribution in [0.5, 0.6) is 5.75 Å². The minimum Gasteiger partial charge on any atom is -0.494 e. The molecule has 26 heavy (non-hydrogen) atoms. The van der Waals surface area contributed by atoms with Gasteiger partial charge in [0.25, 0.3) is 5.91 Å². The summed E-state index contributed by atoms with van der Waals surface area (Å²) in [5.41, 5.74) is 9.02. The first-order chi connectivity index (χ1) is 12.4. The predicted molar refractivity (Wildman–Crippen MR) is 107 cm³/mol. The van der Waals surface area contributed by atoms with Crippen molar-refractivity contribution in [1.82, 2.24) is 5.43 Å². The predicted octanol–water partition coefficient (Wildman–Crippen LogP) is 4.86. The number of hydrogen-bond acceptors (Lipinski definition) is 3.